The zero-order valence-electron chi connectivity index (χ0n) is 15.2. The minimum atomic E-state index is -3.97. The van der Waals surface area contributed by atoms with Crippen molar-refractivity contribution < 1.29 is 17.7 Å². The highest BCUT2D eigenvalue weighted by molar-refractivity contribution is 7.92. The maximum atomic E-state index is 13.1. The molecule has 0 fully saturated rings. The third-order valence-corrected chi connectivity index (χ3v) is 5.48. The Morgan fingerprint density at radius 1 is 0.867 bits per heavy atom. The number of hydrogen-bond acceptors (Lipinski definition) is 5. The lowest BCUT2D eigenvalue weighted by atomic mass is 10.2. The Morgan fingerprint density at radius 2 is 1.40 bits per heavy atom. The summed E-state index contributed by atoms with van der Waals surface area (Å²) < 4.78 is 40.6. The Balaban J connectivity index is 1.80. The summed E-state index contributed by atoms with van der Waals surface area (Å²) in [6.45, 7) is 0. The standard InChI is InChI=1S/C19H15FN4O4S2/c20-13-9-11-14(12-10-13)30(27,28)23-16-6-2-1-5-15(16)21-19(29)22-17-7-3-4-8-18(17)24(25)26/h1-12,23H,(H2,21,22,29). The van der Waals surface area contributed by atoms with Crippen LogP contribution in [0.1, 0.15) is 0 Å². The van der Waals surface area contributed by atoms with Crippen LogP contribution in [0.3, 0.4) is 0 Å². The molecule has 0 bridgehead atoms. The first-order valence-electron chi connectivity index (χ1n) is 8.45. The summed E-state index contributed by atoms with van der Waals surface area (Å²) in [4.78, 5) is 10.5. The van der Waals surface area contributed by atoms with Gasteiger partial charge in [0, 0.05) is 6.07 Å². The summed E-state index contributed by atoms with van der Waals surface area (Å²) in [5, 5.41) is 16.7. The first-order chi connectivity index (χ1) is 14.3. The lowest BCUT2D eigenvalue weighted by Crippen LogP contribution is -2.21. The molecule has 0 aromatic heterocycles. The third kappa shape index (κ3) is 5.07. The van der Waals surface area contributed by atoms with Gasteiger partial charge < -0.3 is 10.6 Å². The molecule has 3 aromatic rings. The number of sulfonamides is 1. The molecule has 3 N–H and O–H groups in total. The van der Waals surface area contributed by atoms with E-state index in [0.29, 0.717) is 5.69 Å². The second-order valence-corrected chi connectivity index (χ2v) is 8.05. The molecular weight excluding hydrogens is 431 g/mol. The van der Waals surface area contributed by atoms with Crippen LogP contribution in [0.4, 0.5) is 27.1 Å². The van der Waals surface area contributed by atoms with E-state index in [9.17, 15) is 22.9 Å². The summed E-state index contributed by atoms with van der Waals surface area (Å²) >= 11 is 5.21. The quantitative estimate of drug-likeness (QED) is 0.293. The Labute approximate surface area is 176 Å². The third-order valence-electron chi connectivity index (χ3n) is 3.89. The molecular formula is C19H15FN4O4S2. The van der Waals surface area contributed by atoms with Crippen LogP contribution in [0.15, 0.2) is 77.7 Å². The number of nitrogens with one attached hydrogen (secondary N) is 3. The Kier molecular flexibility index (Phi) is 6.23. The van der Waals surface area contributed by atoms with E-state index in [1.165, 1.54) is 24.3 Å². The van der Waals surface area contributed by atoms with Gasteiger partial charge in [0.15, 0.2) is 5.11 Å². The molecule has 8 nitrogen and oxygen atoms in total. The summed E-state index contributed by atoms with van der Waals surface area (Å²) in [7, 11) is -3.97. The first kappa shape index (κ1) is 21.1. The number of anilines is 3. The zero-order chi connectivity index (χ0) is 21.7. The van der Waals surface area contributed by atoms with Gasteiger partial charge in [0.25, 0.3) is 15.7 Å². The molecule has 30 heavy (non-hydrogen) atoms. The molecule has 0 saturated heterocycles. The van der Waals surface area contributed by atoms with Gasteiger partial charge in [-0.2, -0.15) is 0 Å². The van der Waals surface area contributed by atoms with E-state index in [1.54, 1.807) is 24.3 Å². The summed E-state index contributed by atoms with van der Waals surface area (Å²) in [6.07, 6.45) is 0. The van der Waals surface area contributed by atoms with E-state index >= 15 is 0 Å². The van der Waals surface area contributed by atoms with Gasteiger partial charge in [-0.25, -0.2) is 12.8 Å². The Morgan fingerprint density at radius 3 is 2.03 bits per heavy atom. The van der Waals surface area contributed by atoms with Crippen LogP contribution in [-0.4, -0.2) is 18.5 Å². The largest absolute Gasteiger partial charge is 0.331 e. The lowest BCUT2D eigenvalue weighted by Gasteiger charge is -2.15. The fourth-order valence-electron chi connectivity index (χ4n) is 2.51. The van der Waals surface area contributed by atoms with Crippen molar-refractivity contribution in [1.82, 2.24) is 0 Å². The molecule has 0 unspecified atom stereocenters. The van der Waals surface area contributed by atoms with Gasteiger partial charge in [-0.3, -0.25) is 14.8 Å². The summed E-state index contributed by atoms with van der Waals surface area (Å²) in [5.74, 6) is -0.553. The number of benzene rings is 3. The van der Waals surface area contributed by atoms with E-state index in [4.69, 9.17) is 12.2 Å². The molecule has 11 heteroatoms. The molecule has 0 heterocycles. The molecule has 0 atom stereocenters. The van der Waals surface area contributed by atoms with E-state index in [2.05, 4.69) is 15.4 Å². The number of nitro benzene ring substituents is 1. The van der Waals surface area contributed by atoms with Gasteiger partial charge in [0.05, 0.1) is 21.2 Å². The number of nitro groups is 1. The number of hydrogen-bond donors (Lipinski definition) is 3. The fourth-order valence-corrected chi connectivity index (χ4v) is 3.81. The first-order valence-corrected chi connectivity index (χ1v) is 10.3. The molecule has 0 spiro atoms. The number of thiocarbonyl (C=S) groups is 1. The average molecular weight is 446 g/mol. The van der Waals surface area contributed by atoms with Crippen molar-refractivity contribution in [1.29, 1.82) is 0 Å². The molecule has 154 valence electrons. The maximum Gasteiger partial charge on any atom is 0.292 e. The maximum absolute atomic E-state index is 13.1. The average Bonchev–Trinajstić information content (AvgIpc) is 2.70. The minimum absolute atomic E-state index is 0.0257. The lowest BCUT2D eigenvalue weighted by molar-refractivity contribution is -0.383. The van der Waals surface area contributed by atoms with Crippen LogP contribution >= 0.6 is 12.2 Å². The minimum Gasteiger partial charge on any atom is -0.331 e. The van der Waals surface area contributed by atoms with E-state index in [1.807, 2.05) is 0 Å². The molecule has 3 aromatic carbocycles. The van der Waals surface area contributed by atoms with Gasteiger partial charge in [-0.1, -0.05) is 24.3 Å². The zero-order valence-corrected chi connectivity index (χ0v) is 16.8. The Hall–Kier alpha value is -3.57. The van der Waals surface area contributed by atoms with Crippen LogP contribution in [-0.2, 0) is 10.0 Å². The van der Waals surface area contributed by atoms with E-state index < -0.39 is 20.8 Å². The summed E-state index contributed by atoms with van der Waals surface area (Å²) in [6, 6.07) is 16.7. The van der Waals surface area contributed by atoms with Gasteiger partial charge in [-0.05, 0) is 54.7 Å². The predicted molar refractivity (Wildman–Crippen MR) is 117 cm³/mol. The highest BCUT2D eigenvalue weighted by Crippen LogP contribution is 2.26. The predicted octanol–water partition coefficient (Wildman–Crippen LogP) is 4.34. The van der Waals surface area contributed by atoms with Crippen LogP contribution in [0.2, 0.25) is 0 Å². The van der Waals surface area contributed by atoms with Crippen molar-refractivity contribution in [2.24, 2.45) is 0 Å². The second-order valence-electron chi connectivity index (χ2n) is 5.96. The SMILES string of the molecule is O=[N+]([O-])c1ccccc1NC(=S)Nc1ccccc1NS(=O)(=O)c1ccc(F)cc1. The van der Waals surface area contributed by atoms with Crippen LogP contribution < -0.4 is 15.4 Å². The van der Waals surface area contributed by atoms with Crippen molar-refractivity contribution in [2.45, 2.75) is 4.90 Å². The van der Waals surface area contributed by atoms with Crippen LogP contribution in [0, 0.1) is 15.9 Å². The van der Waals surface area contributed by atoms with E-state index in [0.717, 1.165) is 24.3 Å². The second kappa shape index (κ2) is 8.84. The number of nitrogens with zero attached hydrogens (tertiary/aromatic N) is 1. The topological polar surface area (TPSA) is 113 Å². The van der Waals surface area contributed by atoms with Crippen LogP contribution in [0.5, 0.6) is 0 Å². The van der Waals surface area contributed by atoms with E-state index in [-0.39, 0.29) is 27.1 Å². The van der Waals surface area contributed by atoms with Gasteiger partial charge in [0.1, 0.15) is 11.5 Å². The fraction of sp³-hybridized carbons (Fsp3) is 0. The number of halogens is 1. The van der Waals surface area contributed by atoms with Crippen molar-refractivity contribution >= 4 is 50.1 Å². The summed E-state index contributed by atoms with van der Waals surface area (Å²) in [5.41, 5.74) is 0.532. The molecule has 3 rings (SSSR count). The normalized spacial score (nSPS) is 10.8. The smallest absolute Gasteiger partial charge is 0.292 e. The van der Waals surface area contributed by atoms with Crippen molar-refractivity contribution in [3.05, 3.63) is 88.7 Å². The highest BCUT2D eigenvalue weighted by Gasteiger charge is 2.17. The molecule has 0 aliphatic rings. The van der Waals surface area contributed by atoms with Gasteiger partial charge in [-0.15, -0.1) is 0 Å². The monoisotopic (exact) mass is 446 g/mol. The highest BCUT2D eigenvalue weighted by atomic mass is 32.2. The number of rotatable bonds is 6. The van der Waals surface area contributed by atoms with Gasteiger partial charge in [0.2, 0.25) is 0 Å². The van der Waals surface area contributed by atoms with Crippen molar-refractivity contribution in [2.75, 3.05) is 15.4 Å². The Bertz CT molecular complexity index is 1200. The number of para-hydroxylation sites is 4. The van der Waals surface area contributed by atoms with Gasteiger partial charge >= 0.3 is 0 Å². The molecule has 0 saturated carbocycles. The molecule has 0 amide bonds. The molecule has 0 radical (unpaired) electrons. The molecule has 0 aliphatic heterocycles. The van der Waals surface area contributed by atoms with Crippen molar-refractivity contribution in [3.63, 3.8) is 0 Å². The van der Waals surface area contributed by atoms with Crippen LogP contribution in [0.25, 0.3) is 0 Å². The molecule has 0 aliphatic carbocycles. The van der Waals surface area contributed by atoms with Crippen molar-refractivity contribution in [3.8, 4) is 0 Å².